The number of aromatic nitrogens is 3. The minimum Gasteiger partial charge on any atom is -0.469 e. The van der Waals surface area contributed by atoms with E-state index in [1.54, 1.807) is 0 Å². The SMILES string of the molecule is COC(=O)CCn1c(C)cc(C(=O)CSc2nnc(-c3ccc(C)cc3)o2)c1C. The largest absolute Gasteiger partial charge is 0.469 e. The third-order valence-corrected chi connectivity index (χ3v) is 5.49. The molecule has 152 valence electrons. The Balaban J connectivity index is 1.64. The lowest BCUT2D eigenvalue weighted by molar-refractivity contribution is -0.140. The third-order valence-electron chi connectivity index (χ3n) is 4.67. The normalized spacial score (nSPS) is 10.9. The van der Waals surface area contributed by atoms with Crippen LogP contribution in [0.25, 0.3) is 11.5 Å². The first-order chi connectivity index (χ1) is 13.9. The summed E-state index contributed by atoms with van der Waals surface area (Å²) in [6.07, 6.45) is 0.263. The van der Waals surface area contributed by atoms with E-state index in [1.807, 2.05) is 55.7 Å². The van der Waals surface area contributed by atoms with E-state index in [9.17, 15) is 9.59 Å². The monoisotopic (exact) mass is 413 g/mol. The zero-order valence-corrected chi connectivity index (χ0v) is 17.7. The van der Waals surface area contributed by atoms with Crippen molar-refractivity contribution in [2.24, 2.45) is 0 Å². The van der Waals surface area contributed by atoms with Crippen LogP contribution in [0, 0.1) is 20.8 Å². The summed E-state index contributed by atoms with van der Waals surface area (Å²) in [5.74, 6) is 0.321. The summed E-state index contributed by atoms with van der Waals surface area (Å²) in [6.45, 7) is 6.29. The molecule has 0 aliphatic rings. The summed E-state index contributed by atoms with van der Waals surface area (Å²) in [6, 6.07) is 9.65. The van der Waals surface area contributed by atoms with Crippen molar-refractivity contribution in [3.8, 4) is 11.5 Å². The van der Waals surface area contributed by atoms with Crippen molar-refractivity contribution < 1.29 is 18.7 Å². The molecule has 0 spiro atoms. The van der Waals surface area contributed by atoms with E-state index in [4.69, 9.17) is 4.42 Å². The van der Waals surface area contributed by atoms with E-state index in [-0.39, 0.29) is 23.9 Å². The molecule has 0 fully saturated rings. The van der Waals surface area contributed by atoms with Crippen LogP contribution in [0.5, 0.6) is 0 Å². The molecule has 0 N–H and O–H groups in total. The van der Waals surface area contributed by atoms with Crippen LogP contribution in [-0.2, 0) is 16.1 Å². The number of methoxy groups -OCH3 is 1. The maximum Gasteiger partial charge on any atom is 0.307 e. The van der Waals surface area contributed by atoms with Crippen LogP contribution in [0.3, 0.4) is 0 Å². The quantitative estimate of drug-likeness (QED) is 0.313. The Bertz CT molecular complexity index is 1020. The van der Waals surface area contributed by atoms with E-state index in [2.05, 4.69) is 14.9 Å². The van der Waals surface area contributed by atoms with Crippen molar-refractivity contribution >= 4 is 23.5 Å². The number of ether oxygens (including phenoxy) is 1. The Kier molecular flexibility index (Phi) is 6.53. The van der Waals surface area contributed by atoms with E-state index in [0.29, 0.717) is 23.2 Å². The van der Waals surface area contributed by atoms with Crippen LogP contribution in [0.15, 0.2) is 40.0 Å². The minimum atomic E-state index is -0.276. The number of thioether (sulfide) groups is 1. The number of aryl methyl sites for hydroxylation is 2. The number of Topliss-reactive ketones (excluding diaryl/α,β-unsaturated/α-hetero) is 1. The van der Waals surface area contributed by atoms with E-state index in [1.165, 1.54) is 18.9 Å². The average molecular weight is 413 g/mol. The first kappa shape index (κ1) is 20.9. The zero-order chi connectivity index (χ0) is 21.0. The lowest BCUT2D eigenvalue weighted by Gasteiger charge is -2.08. The topological polar surface area (TPSA) is 87.2 Å². The summed E-state index contributed by atoms with van der Waals surface area (Å²) >= 11 is 1.21. The highest BCUT2D eigenvalue weighted by Gasteiger charge is 2.18. The molecule has 29 heavy (non-hydrogen) atoms. The van der Waals surface area contributed by atoms with Crippen LogP contribution in [0.4, 0.5) is 0 Å². The smallest absolute Gasteiger partial charge is 0.307 e. The highest BCUT2D eigenvalue weighted by molar-refractivity contribution is 7.99. The second-order valence-corrected chi connectivity index (χ2v) is 7.64. The highest BCUT2D eigenvalue weighted by atomic mass is 32.2. The van der Waals surface area contributed by atoms with Crippen LogP contribution in [0.2, 0.25) is 0 Å². The summed E-state index contributed by atoms with van der Waals surface area (Å²) in [5, 5.41) is 8.43. The molecule has 0 amide bonds. The maximum absolute atomic E-state index is 12.7. The average Bonchev–Trinajstić information content (AvgIpc) is 3.29. The van der Waals surface area contributed by atoms with Crippen LogP contribution >= 0.6 is 11.8 Å². The van der Waals surface area contributed by atoms with E-state index >= 15 is 0 Å². The summed E-state index contributed by atoms with van der Waals surface area (Å²) in [7, 11) is 1.37. The first-order valence-electron chi connectivity index (χ1n) is 9.19. The summed E-state index contributed by atoms with van der Waals surface area (Å²) in [5.41, 5.74) is 4.40. The van der Waals surface area contributed by atoms with E-state index < -0.39 is 0 Å². The molecule has 0 unspecified atom stereocenters. The lowest BCUT2D eigenvalue weighted by atomic mass is 10.1. The minimum absolute atomic E-state index is 0.0255. The molecule has 3 aromatic rings. The van der Waals surface area contributed by atoms with E-state index in [0.717, 1.165) is 22.5 Å². The molecule has 0 atom stereocenters. The van der Waals surface area contributed by atoms with Gasteiger partial charge in [-0.05, 0) is 39.0 Å². The number of carbonyl (C=O) groups is 2. The molecular formula is C21H23N3O4S. The molecule has 8 heteroatoms. The lowest BCUT2D eigenvalue weighted by Crippen LogP contribution is -2.10. The molecule has 0 bridgehead atoms. The Hall–Kier alpha value is -2.87. The Labute approximate surface area is 173 Å². The van der Waals surface area contributed by atoms with Crippen LogP contribution in [-0.4, -0.2) is 39.4 Å². The predicted molar refractivity (Wildman–Crippen MR) is 110 cm³/mol. The first-order valence-corrected chi connectivity index (χ1v) is 10.2. The molecule has 0 aliphatic carbocycles. The second kappa shape index (κ2) is 9.09. The van der Waals surface area contributed by atoms with Gasteiger partial charge >= 0.3 is 5.97 Å². The number of ketones is 1. The van der Waals surface area contributed by atoms with Crippen molar-refractivity contribution in [1.29, 1.82) is 0 Å². The predicted octanol–water partition coefficient (Wildman–Crippen LogP) is 4.00. The van der Waals surface area contributed by atoms with Crippen molar-refractivity contribution in [1.82, 2.24) is 14.8 Å². The van der Waals surface area contributed by atoms with Gasteiger partial charge in [0.25, 0.3) is 5.22 Å². The number of nitrogens with zero attached hydrogens (tertiary/aromatic N) is 3. The zero-order valence-electron chi connectivity index (χ0n) is 16.9. The molecule has 0 saturated carbocycles. The van der Waals surface area contributed by atoms with Gasteiger partial charge in [-0.3, -0.25) is 9.59 Å². The second-order valence-electron chi connectivity index (χ2n) is 6.71. The summed E-state index contributed by atoms with van der Waals surface area (Å²) < 4.78 is 12.3. The van der Waals surface area contributed by atoms with Gasteiger partial charge in [0.2, 0.25) is 5.89 Å². The Morgan fingerprint density at radius 2 is 1.86 bits per heavy atom. The molecule has 2 aromatic heterocycles. The molecule has 0 aliphatic heterocycles. The molecule has 0 saturated heterocycles. The van der Waals surface area contributed by atoms with Crippen LogP contribution in [0.1, 0.15) is 33.7 Å². The van der Waals surface area contributed by atoms with Crippen molar-refractivity contribution in [2.75, 3.05) is 12.9 Å². The molecule has 1 aromatic carbocycles. The van der Waals surface area contributed by atoms with Gasteiger partial charge in [-0.2, -0.15) is 0 Å². The van der Waals surface area contributed by atoms with Crippen LogP contribution < -0.4 is 0 Å². The molecule has 2 heterocycles. The number of benzene rings is 1. The van der Waals surface area contributed by atoms with Gasteiger partial charge in [-0.1, -0.05) is 29.5 Å². The van der Waals surface area contributed by atoms with Crippen molar-refractivity contribution in [2.45, 2.75) is 39.0 Å². The Morgan fingerprint density at radius 3 is 2.55 bits per heavy atom. The molecular weight excluding hydrogens is 390 g/mol. The van der Waals surface area contributed by atoms with Crippen molar-refractivity contribution in [3.63, 3.8) is 0 Å². The Morgan fingerprint density at radius 1 is 1.14 bits per heavy atom. The summed E-state index contributed by atoms with van der Waals surface area (Å²) in [4.78, 5) is 24.1. The molecule has 0 radical (unpaired) electrons. The van der Waals surface area contributed by atoms with Gasteiger partial charge in [0, 0.05) is 29.1 Å². The fourth-order valence-corrected chi connectivity index (χ4v) is 3.67. The number of hydrogen-bond donors (Lipinski definition) is 0. The number of carbonyl (C=O) groups excluding carboxylic acids is 2. The van der Waals surface area contributed by atoms with Gasteiger partial charge in [0.15, 0.2) is 5.78 Å². The van der Waals surface area contributed by atoms with Gasteiger partial charge in [0.1, 0.15) is 0 Å². The third kappa shape index (κ3) is 4.95. The number of hydrogen-bond acceptors (Lipinski definition) is 7. The fraction of sp³-hybridized carbons (Fsp3) is 0.333. The standard InChI is InChI=1S/C21H23N3O4S/c1-13-5-7-16(8-6-13)20-22-23-21(28-20)29-12-18(25)17-11-14(2)24(15(17)3)10-9-19(26)27-4/h5-8,11H,9-10,12H2,1-4H3. The fourth-order valence-electron chi connectivity index (χ4n) is 3.02. The van der Waals surface area contributed by atoms with Gasteiger partial charge in [-0.15, -0.1) is 10.2 Å². The van der Waals surface area contributed by atoms with Gasteiger partial charge < -0.3 is 13.7 Å². The maximum atomic E-state index is 12.7. The molecule has 7 nitrogen and oxygen atoms in total. The molecule has 3 rings (SSSR count). The highest BCUT2D eigenvalue weighted by Crippen LogP contribution is 2.25. The van der Waals surface area contributed by atoms with Gasteiger partial charge in [0.05, 0.1) is 19.3 Å². The number of rotatable bonds is 8. The van der Waals surface area contributed by atoms with Crippen molar-refractivity contribution in [3.05, 3.63) is 52.8 Å². The van der Waals surface area contributed by atoms with Gasteiger partial charge in [-0.25, -0.2) is 0 Å². The number of esters is 1.